The van der Waals surface area contributed by atoms with Gasteiger partial charge in [-0.05, 0) is 25.6 Å². The first kappa shape index (κ1) is 13.6. The molecule has 1 aromatic heterocycles. The molecule has 0 radical (unpaired) electrons. The maximum atomic E-state index is 11.9. The van der Waals surface area contributed by atoms with E-state index in [1.807, 2.05) is 30.3 Å². The molecule has 0 fully saturated rings. The Morgan fingerprint density at radius 2 is 2.24 bits per heavy atom. The van der Waals surface area contributed by atoms with Crippen LogP contribution in [-0.4, -0.2) is 41.2 Å². The number of nitrogens with one attached hydrogen (secondary N) is 2. The van der Waals surface area contributed by atoms with E-state index in [0.29, 0.717) is 11.6 Å². The summed E-state index contributed by atoms with van der Waals surface area (Å²) in [6.45, 7) is 1.78. The van der Waals surface area contributed by atoms with E-state index in [1.54, 1.807) is 0 Å². The number of likely N-dealkylation sites (N-methyl/N-ethyl adjacent to an activating group) is 1. The molecular formula is C15H18N4O2. The van der Waals surface area contributed by atoms with Crippen LogP contribution in [0.1, 0.15) is 11.3 Å². The van der Waals surface area contributed by atoms with Gasteiger partial charge in [0.1, 0.15) is 5.75 Å². The Balaban J connectivity index is 1.58. The van der Waals surface area contributed by atoms with Crippen molar-refractivity contribution in [3.05, 3.63) is 41.6 Å². The second-order valence-electron chi connectivity index (χ2n) is 5.17. The quantitative estimate of drug-likeness (QED) is 0.891. The van der Waals surface area contributed by atoms with Crippen LogP contribution in [0.5, 0.6) is 5.75 Å². The van der Waals surface area contributed by atoms with E-state index in [0.717, 1.165) is 30.8 Å². The SMILES string of the molecule is CN1CCc2c(NC(=O)COc3ccccc3)n[nH]c2C1. The molecule has 1 aliphatic rings. The minimum atomic E-state index is -0.202. The number of fused-ring (bicyclic) bond motifs is 1. The van der Waals surface area contributed by atoms with E-state index >= 15 is 0 Å². The van der Waals surface area contributed by atoms with Gasteiger partial charge in [0.2, 0.25) is 0 Å². The highest BCUT2D eigenvalue weighted by Gasteiger charge is 2.20. The number of para-hydroxylation sites is 1. The van der Waals surface area contributed by atoms with Crippen molar-refractivity contribution in [3.8, 4) is 5.75 Å². The minimum Gasteiger partial charge on any atom is -0.484 e. The van der Waals surface area contributed by atoms with Crippen molar-refractivity contribution in [2.75, 3.05) is 25.5 Å². The van der Waals surface area contributed by atoms with Crippen molar-refractivity contribution in [1.82, 2.24) is 15.1 Å². The number of carbonyl (C=O) groups is 1. The fraction of sp³-hybridized carbons (Fsp3) is 0.333. The van der Waals surface area contributed by atoms with Crippen molar-refractivity contribution >= 4 is 11.7 Å². The number of aromatic nitrogens is 2. The molecule has 3 rings (SSSR count). The van der Waals surface area contributed by atoms with Crippen molar-refractivity contribution in [1.29, 1.82) is 0 Å². The standard InChI is InChI=1S/C15H18N4O2/c1-19-8-7-12-13(9-19)17-18-15(12)16-14(20)10-21-11-5-3-2-4-6-11/h2-6H,7-10H2,1H3,(H2,16,17,18,20). The van der Waals surface area contributed by atoms with Gasteiger partial charge in [-0.2, -0.15) is 5.10 Å². The number of benzene rings is 1. The fourth-order valence-electron chi connectivity index (χ4n) is 2.39. The first-order chi connectivity index (χ1) is 10.2. The Bertz CT molecular complexity index is 624. The van der Waals surface area contributed by atoms with E-state index in [2.05, 4.69) is 27.5 Å². The van der Waals surface area contributed by atoms with E-state index < -0.39 is 0 Å². The second-order valence-corrected chi connectivity index (χ2v) is 5.17. The first-order valence-corrected chi connectivity index (χ1v) is 6.95. The fourth-order valence-corrected chi connectivity index (χ4v) is 2.39. The highest BCUT2D eigenvalue weighted by Crippen LogP contribution is 2.22. The molecule has 6 nitrogen and oxygen atoms in total. The van der Waals surface area contributed by atoms with Crippen LogP contribution in [0.3, 0.4) is 0 Å². The molecule has 0 bridgehead atoms. The summed E-state index contributed by atoms with van der Waals surface area (Å²) in [5.41, 5.74) is 2.17. The predicted molar refractivity (Wildman–Crippen MR) is 79.2 cm³/mol. The summed E-state index contributed by atoms with van der Waals surface area (Å²) in [4.78, 5) is 14.1. The lowest BCUT2D eigenvalue weighted by Gasteiger charge is -2.21. The number of amides is 1. The van der Waals surface area contributed by atoms with Gasteiger partial charge in [0.25, 0.3) is 5.91 Å². The smallest absolute Gasteiger partial charge is 0.263 e. The lowest BCUT2D eigenvalue weighted by molar-refractivity contribution is -0.118. The third-order valence-electron chi connectivity index (χ3n) is 3.50. The molecular weight excluding hydrogens is 268 g/mol. The largest absolute Gasteiger partial charge is 0.484 e. The predicted octanol–water partition coefficient (Wildman–Crippen LogP) is 1.42. The van der Waals surface area contributed by atoms with Crippen molar-refractivity contribution in [3.63, 3.8) is 0 Å². The Hall–Kier alpha value is -2.34. The van der Waals surface area contributed by atoms with Gasteiger partial charge >= 0.3 is 0 Å². The number of carbonyl (C=O) groups excluding carboxylic acids is 1. The lowest BCUT2D eigenvalue weighted by Crippen LogP contribution is -2.27. The van der Waals surface area contributed by atoms with Crippen LogP contribution in [-0.2, 0) is 17.8 Å². The summed E-state index contributed by atoms with van der Waals surface area (Å²) < 4.78 is 5.42. The molecule has 2 aromatic rings. The number of hydrogen-bond acceptors (Lipinski definition) is 4. The van der Waals surface area contributed by atoms with Crippen molar-refractivity contribution < 1.29 is 9.53 Å². The van der Waals surface area contributed by atoms with Crippen LogP contribution in [0.15, 0.2) is 30.3 Å². The number of hydrogen-bond donors (Lipinski definition) is 2. The molecule has 0 spiro atoms. The third-order valence-corrected chi connectivity index (χ3v) is 3.50. The Morgan fingerprint density at radius 3 is 3.05 bits per heavy atom. The minimum absolute atomic E-state index is 0.0223. The molecule has 2 heterocycles. The van der Waals surface area contributed by atoms with Crippen LogP contribution in [0, 0.1) is 0 Å². The highest BCUT2D eigenvalue weighted by molar-refractivity contribution is 5.91. The van der Waals surface area contributed by atoms with Crippen molar-refractivity contribution in [2.24, 2.45) is 0 Å². The molecule has 1 aliphatic heterocycles. The number of aromatic amines is 1. The summed E-state index contributed by atoms with van der Waals surface area (Å²) in [5.74, 6) is 1.10. The van der Waals surface area contributed by atoms with Gasteiger partial charge in [-0.25, -0.2) is 0 Å². The van der Waals surface area contributed by atoms with E-state index in [-0.39, 0.29) is 12.5 Å². The molecule has 6 heteroatoms. The third kappa shape index (κ3) is 3.22. The van der Waals surface area contributed by atoms with Crippen LogP contribution >= 0.6 is 0 Å². The maximum absolute atomic E-state index is 11.9. The van der Waals surface area contributed by atoms with Gasteiger partial charge in [0.15, 0.2) is 12.4 Å². The average molecular weight is 286 g/mol. The van der Waals surface area contributed by atoms with Crippen molar-refractivity contribution in [2.45, 2.75) is 13.0 Å². The normalized spacial score (nSPS) is 14.5. The molecule has 2 N–H and O–H groups in total. The number of rotatable bonds is 4. The van der Waals surface area contributed by atoms with Gasteiger partial charge in [0.05, 0.1) is 5.69 Å². The summed E-state index contributed by atoms with van der Waals surface area (Å²) in [5, 5.41) is 9.99. The molecule has 0 unspecified atom stereocenters. The van der Waals surface area contributed by atoms with Gasteiger partial charge in [-0.3, -0.25) is 9.89 Å². The zero-order chi connectivity index (χ0) is 14.7. The maximum Gasteiger partial charge on any atom is 0.263 e. The Labute approximate surface area is 123 Å². The van der Waals surface area contributed by atoms with Crippen LogP contribution in [0.2, 0.25) is 0 Å². The average Bonchev–Trinajstić information content (AvgIpc) is 2.88. The first-order valence-electron chi connectivity index (χ1n) is 6.95. The van der Waals surface area contributed by atoms with Gasteiger partial charge < -0.3 is 15.0 Å². The second kappa shape index (κ2) is 5.97. The number of H-pyrrole nitrogens is 1. The molecule has 21 heavy (non-hydrogen) atoms. The zero-order valence-electron chi connectivity index (χ0n) is 11.9. The molecule has 110 valence electrons. The van der Waals surface area contributed by atoms with Gasteiger partial charge in [-0.1, -0.05) is 18.2 Å². The topological polar surface area (TPSA) is 70.2 Å². The Kier molecular flexibility index (Phi) is 3.87. The zero-order valence-corrected chi connectivity index (χ0v) is 11.9. The molecule has 1 amide bonds. The number of nitrogens with zero attached hydrogens (tertiary/aromatic N) is 2. The summed E-state index contributed by atoms with van der Waals surface area (Å²) in [6, 6.07) is 9.28. The molecule has 0 aliphatic carbocycles. The van der Waals surface area contributed by atoms with Crippen LogP contribution < -0.4 is 10.1 Å². The van der Waals surface area contributed by atoms with Crippen LogP contribution in [0.25, 0.3) is 0 Å². The lowest BCUT2D eigenvalue weighted by atomic mass is 10.1. The van der Waals surface area contributed by atoms with E-state index in [4.69, 9.17) is 4.74 Å². The molecule has 0 saturated carbocycles. The summed E-state index contributed by atoms with van der Waals surface area (Å²) in [6.07, 6.45) is 0.886. The molecule has 0 saturated heterocycles. The summed E-state index contributed by atoms with van der Waals surface area (Å²) >= 11 is 0. The van der Waals surface area contributed by atoms with Crippen LogP contribution in [0.4, 0.5) is 5.82 Å². The number of anilines is 1. The Morgan fingerprint density at radius 1 is 1.43 bits per heavy atom. The van der Waals surface area contributed by atoms with Gasteiger partial charge in [-0.15, -0.1) is 0 Å². The summed E-state index contributed by atoms with van der Waals surface area (Å²) in [7, 11) is 2.07. The van der Waals surface area contributed by atoms with E-state index in [9.17, 15) is 4.79 Å². The monoisotopic (exact) mass is 286 g/mol. The van der Waals surface area contributed by atoms with E-state index in [1.165, 1.54) is 0 Å². The molecule has 1 aromatic carbocycles. The molecule has 0 atom stereocenters. The van der Waals surface area contributed by atoms with Gasteiger partial charge in [0, 0.05) is 18.7 Å². The number of ether oxygens (including phenoxy) is 1. The highest BCUT2D eigenvalue weighted by atomic mass is 16.5.